The molecule has 0 aromatic heterocycles. The van der Waals surface area contributed by atoms with E-state index < -0.39 is 11.9 Å². The van der Waals surface area contributed by atoms with Crippen LogP contribution in [0, 0.1) is 6.92 Å². The van der Waals surface area contributed by atoms with Crippen molar-refractivity contribution in [2.75, 3.05) is 0 Å². The zero-order valence-electron chi connectivity index (χ0n) is 16.0. The van der Waals surface area contributed by atoms with Crippen LogP contribution in [-0.2, 0) is 22.7 Å². The summed E-state index contributed by atoms with van der Waals surface area (Å²) in [6.07, 6.45) is 0.542. The minimum absolute atomic E-state index is 0.213. The number of fused-ring (bicyclic) bond motifs is 1. The average Bonchev–Trinajstić information content (AvgIpc) is 3.04. The second kappa shape index (κ2) is 7.50. The molecule has 2 aromatic carbocycles. The third kappa shape index (κ3) is 3.63. The number of carbonyl (C=O) groups is 4. The summed E-state index contributed by atoms with van der Waals surface area (Å²) in [5.41, 5.74) is 3.69. The van der Waals surface area contributed by atoms with Crippen molar-refractivity contribution in [2.24, 2.45) is 0 Å². The number of carbonyl (C=O) groups excluding carboxylic acids is 4. The van der Waals surface area contributed by atoms with Gasteiger partial charge in [0.25, 0.3) is 11.8 Å². The van der Waals surface area contributed by atoms with Gasteiger partial charge in [0, 0.05) is 30.6 Å². The maximum absolute atomic E-state index is 13.0. The molecule has 0 spiro atoms. The fraction of sp³-hybridized carbons (Fsp3) is 0.273. The molecule has 1 fully saturated rings. The Morgan fingerprint density at radius 2 is 1.90 bits per heavy atom. The summed E-state index contributed by atoms with van der Waals surface area (Å²) in [4.78, 5) is 50.5. The highest BCUT2D eigenvalue weighted by Gasteiger charge is 2.39. The standard InChI is InChI=1S/C22H21N3O4/c1-13-5-7-14(8-6-13)20(27)23-11-15-3-2-4-16-12-25(22(29)19(15)16)17-9-10-18(26)24-21(17)28/h2-8,17H,9-12H2,1H3,(H,23,27)(H,24,26,28). The van der Waals surface area contributed by atoms with E-state index in [9.17, 15) is 19.2 Å². The van der Waals surface area contributed by atoms with Crippen LogP contribution in [0.1, 0.15) is 50.2 Å². The maximum atomic E-state index is 13.0. The number of amides is 4. The van der Waals surface area contributed by atoms with Gasteiger partial charge in [-0.3, -0.25) is 24.5 Å². The molecule has 2 aliphatic rings. The first-order valence-corrected chi connectivity index (χ1v) is 9.54. The van der Waals surface area contributed by atoms with E-state index in [1.807, 2.05) is 31.2 Å². The molecular formula is C22H21N3O4. The number of piperidine rings is 1. The molecule has 0 radical (unpaired) electrons. The second-order valence-corrected chi connectivity index (χ2v) is 7.40. The molecule has 1 saturated heterocycles. The van der Waals surface area contributed by atoms with E-state index in [1.165, 1.54) is 4.90 Å². The van der Waals surface area contributed by atoms with Crippen LogP contribution in [0.25, 0.3) is 0 Å². The number of nitrogens with zero attached hydrogens (tertiary/aromatic N) is 1. The Kier molecular flexibility index (Phi) is 4.88. The van der Waals surface area contributed by atoms with Crippen molar-refractivity contribution in [3.8, 4) is 0 Å². The Balaban J connectivity index is 1.50. The largest absolute Gasteiger partial charge is 0.348 e. The van der Waals surface area contributed by atoms with Crippen molar-refractivity contribution in [3.63, 3.8) is 0 Å². The van der Waals surface area contributed by atoms with Gasteiger partial charge >= 0.3 is 0 Å². The molecule has 0 bridgehead atoms. The normalized spacial score (nSPS) is 18.4. The SMILES string of the molecule is Cc1ccc(C(=O)NCc2cccc3c2C(=O)N(C2CCC(=O)NC2=O)C3)cc1. The minimum Gasteiger partial charge on any atom is -0.348 e. The van der Waals surface area contributed by atoms with E-state index in [0.717, 1.165) is 11.1 Å². The van der Waals surface area contributed by atoms with Crippen LogP contribution >= 0.6 is 0 Å². The van der Waals surface area contributed by atoms with Crippen molar-refractivity contribution in [3.05, 3.63) is 70.3 Å². The van der Waals surface area contributed by atoms with Crippen molar-refractivity contribution >= 4 is 23.6 Å². The van der Waals surface area contributed by atoms with Gasteiger partial charge in [-0.2, -0.15) is 0 Å². The molecule has 4 amide bonds. The molecule has 0 aliphatic carbocycles. The third-order valence-corrected chi connectivity index (χ3v) is 5.39. The number of imide groups is 1. The van der Waals surface area contributed by atoms with E-state index in [4.69, 9.17) is 0 Å². The Bertz CT molecular complexity index is 1010. The van der Waals surface area contributed by atoms with E-state index in [2.05, 4.69) is 10.6 Å². The highest BCUT2D eigenvalue weighted by atomic mass is 16.2. The molecule has 7 nitrogen and oxygen atoms in total. The van der Waals surface area contributed by atoms with Gasteiger partial charge in [-0.1, -0.05) is 35.9 Å². The van der Waals surface area contributed by atoms with E-state index in [1.54, 1.807) is 18.2 Å². The van der Waals surface area contributed by atoms with Crippen molar-refractivity contribution < 1.29 is 19.2 Å². The van der Waals surface area contributed by atoms with Crippen LogP contribution in [0.15, 0.2) is 42.5 Å². The summed E-state index contributed by atoms with van der Waals surface area (Å²) < 4.78 is 0. The summed E-state index contributed by atoms with van der Waals surface area (Å²) in [7, 11) is 0. The third-order valence-electron chi connectivity index (χ3n) is 5.39. The number of hydrogen-bond acceptors (Lipinski definition) is 4. The molecule has 1 unspecified atom stereocenters. The lowest BCUT2D eigenvalue weighted by molar-refractivity contribution is -0.136. The molecular weight excluding hydrogens is 370 g/mol. The van der Waals surface area contributed by atoms with Gasteiger partial charge in [-0.25, -0.2) is 0 Å². The highest BCUT2D eigenvalue weighted by Crippen LogP contribution is 2.29. The quantitative estimate of drug-likeness (QED) is 0.776. The number of hydrogen-bond donors (Lipinski definition) is 2. The molecule has 2 N–H and O–H groups in total. The molecule has 1 atom stereocenters. The molecule has 4 rings (SSSR count). The highest BCUT2D eigenvalue weighted by molar-refractivity contribution is 6.06. The Labute approximate surface area is 168 Å². The van der Waals surface area contributed by atoms with Crippen LogP contribution in [0.4, 0.5) is 0 Å². The predicted octanol–water partition coefficient (Wildman–Crippen LogP) is 1.69. The first-order valence-electron chi connectivity index (χ1n) is 9.54. The van der Waals surface area contributed by atoms with Crippen molar-refractivity contribution in [1.82, 2.24) is 15.5 Å². The molecule has 2 aromatic rings. The number of rotatable bonds is 4. The van der Waals surface area contributed by atoms with Crippen LogP contribution in [-0.4, -0.2) is 34.6 Å². The number of nitrogens with one attached hydrogen (secondary N) is 2. The summed E-state index contributed by atoms with van der Waals surface area (Å²) in [5.74, 6) is -1.20. The maximum Gasteiger partial charge on any atom is 0.255 e. The number of benzene rings is 2. The zero-order valence-corrected chi connectivity index (χ0v) is 16.0. The van der Waals surface area contributed by atoms with Gasteiger partial charge in [0.05, 0.1) is 0 Å². The second-order valence-electron chi connectivity index (χ2n) is 7.40. The minimum atomic E-state index is -0.650. The van der Waals surface area contributed by atoms with Crippen LogP contribution in [0.3, 0.4) is 0 Å². The Morgan fingerprint density at radius 1 is 1.14 bits per heavy atom. The fourth-order valence-corrected chi connectivity index (χ4v) is 3.82. The van der Waals surface area contributed by atoms with Crippen LogP contribution in [0.2, 0.25) is 0 Å². The summed E-state index contributed by atoms with van der Waals surface area (Å²) >= 11 is 0. The summed E-state index contributed by atoms with van der Waals surface area (Å²) in [6, 6.07) is 12.1. The Morgan fingerprint density at radius 3 is 2.62 bits per heavy atom. The first kappa shape index (κ1) is 18.9. The average molecular weight is 391 g/mol. The molecule has 2 heterocycles. The van der Waals surface area contributed by atoms with Crippen molar-refractivity contribution in [1.29, 1.82) is 0 Å². The van der Waals surface area contributed by atoms with Crippen LogP contribution in [0.5, 0.6) is 0 Å². The lowest BCUT2D eigenvalue weighted by Crippen LogP contribution is -2.52. The topological polar surface area (TPSA) is 95.6 Å². The smallest absolute Gasteiger partial charge is 0.255 e. The van der Waals surface area contributed by atoms with Crippen molar-refractivity contribution in [2.45, 2.75) is 38.9 Å². The first-order chi connectivity index (χ1) is 13.9. The van der Waals surface area contributed by atoms with Gasteiger partial charge in [0.15, 0.2) is 0 Å². The van der Waals surface area contributed by atoms with Gasteiger partial charge in [0.2, 0.25) is 11.8 Å². The van der Waals surface area contributed by atoms with E-state index in [-0.39, 0.29) is 30.7 Å². The van der Waals surface area contributed by atoms with E-state index in [0.29, 0.717) is 29.7 Å². The lowest BCUT2D eigenvalue weighted by atomic mass is 10.0. The number of aryl methyl sites for hydroxylation is 1. The van der Waals surface area contributed by atoms with Gasteiger partial charge < -0.3 is 10.2 Å². The lowest BCUT2D eigenvalue weighted by Gasteiger charge is -2.29. The molecule has 29 heavy (non-hydrogen) atoms. The Hall–Kier alpha value is -3.48. The van der Waals surface area contributed by atoms with Gasteiger partial charge in [0.1, 0.15) is 6.04 Å². The van der Waals surface area contributed by atoms with Crippen LogP contribution < -0.4 is 10.6 Å². The predicted molar refractivity (Wildman–Crippen MR) is 105 cm³/mol. The molecule has 148 valence electrons. The zero-order chi connectivity index (χ0) is 20.5. The molecule has 7 heteroatoms. The monoisotopic (exact) mass is 391 g/mol. The van der Waals surface area contributed by atoms with Gasteiger partial charge in [-0.05, 0) is 36.6 Å². The molecule has 0 saturated carbocycles. The van der Waals surface area contributed by atoms with Gasteiger partial charge in [-0.15, -0.1) is 0 Å². The summed E-state index contributed by atoms with van der Waals surface area (Å²) in [5, 5.41) is 5.16. The summed E-state index contributed by atoms with van der Waals surface area (Å²) in [6.45, 7) is 2.49. The van der Waals surface area contributed by atoms with E-state index >= 15 is 0 Å². The molecule has 2 aliphatic heterocycles. The fourth-order valence-electron chi connectivity index (χ4n) is 3.82.